The Labute approximate surface area is 192 Å². The Morgan fingerprint density at radius 1 is 0.939 bits per heavy atom. The molecule has 0 aliphatic carbocycles. The highest BCUT2D eigenvalue weighted by atomic mass is 16.6. The summed E-state index contributed by atoms with van der Waals surface area (Å²) in [6, 6.07) is 21.7. The van der Waals surface area contributed by atoms with Crippen molar-refractivity contribution in [2.24, 2.45) is 5.73 Å². The number of nitrogens with two attached hydrogens (primary N) is 1. The van der Waals surface area contributed by atoms with Gasteiger partial charge in [-0.25, -0.2) is 0 Å². The standard InChI is InChI=1S/C26H24N2O5/c27-26(30)20-9-4-10-22(16-20)33-18-25(29)28(13-5-8-19-6-2-1-3-7-19)21-11-12-23-24(17-21)32-15-14-31-23/h1-12,16-17H,13-15,18H2,(H2,27,30)/b8-5+. The van der Waals surface area contributed by atoms with Crippen LogP contribution < -0.4 is 24.8 Å². The highest BCUT2D eigenvalue weighted by molar-refractivity contribution is 5.95. The SMILES string of the molecule is NC(=O)c1cccc(OCC(=O)N(C/C=C/c2ccccc2)c2ccc3c(c2)OCCO3)c1. The van der Waals surface area contributed by atoms with Gasteiger partial charge in [0.2, 0.25) is 5.91 Å². The van der Waals surface area contributed by atoms with E-state index >= 15 is 0 Å². The van der Waals surface area contributed by atoms with Crippen molar-refractivity contribution in [2.75, 3.05) is 31.3 Å². The zero-order valence-corrected chi connectivity index (χ0v) is 18.0. The molecule has 0 unspecified atom stereocenters. The number of primary amides is 1. The summed E-state index contributed by atoms with van der Waals surface area (Å²) in [5, 5.41) is 0. The number of carbonyl (C=O) groups is 2. The molecular formula is C26H24N2O5. The summed E-state index contributed by atoms with van der Waals surface area (Å²) in [5.74, 6) is 0.821. The Bertz CT molecular complexity index is 1160. The summed E-state index contributed by atoms with van der Waals surface area (Å²) in [6.45, 7) is 1.07. The number of fused-ring (bicyclic) bond motifs is 1. The third-order valence-electron chi connectivity index (χ3n) is 5.02. The molecule has 1 aliphatic rings. The van der Waals surface area contributed by atoms with Crippen LogP contribution in [0.1, 0.15) is 15.9 Å². The molecule has 0 atom stereocenters. The van der Waals surface area contributed by atoms with Crippen molar-refractivity contribution in [2.45, 2.75) is 0 Å². The third-order valence-corrected chi connectivity index (χ3v) is 5.02. The zero-order chi connectivity index (χ0) is 23.0. The predicted molar refractivity (Wildman–Crippen MR) is 126 cm³/mol. The zero-order valence-electron chi connectivity index (χ0n) is 18.0. The second-order valence-electron chi connectivity index (χ2n) is 7.33. The summed E-state index contributed by atoms with van der Waals surface area (Å²) in [4.78, 5) is 26.2. The molecule has 0 saturated heterocycles. The van der Waals surface area contributed by atoms with Crippen molar-refractivity contribution in [3.05, 3.63) is 90.0 Å². The van der Waals surface area contributed by atoms with Crippen LogP contribution in [-0.4, -0.2) is 38.2 Å². The van der Waals surface area contributed by atoms with Crippen molar-refractivity contribution < 1.29 is 23.8 Å². The van der Waals surface area contributed by atoms with Gasteiger partial charge in [-0.1, -0.05) is 48.6 Å². The van der Waals surface area contributed by atoms with E-state index in [1.165, 1.54) is 6.07 Å². The summed E-state index contributed by atoms with van der Waals surface area (Å²) >= 11 is 0. The number of rotatable bonds is 8. The molecule has 1 aliphatic heterocycles. The van der Waals surface area contributed by atoms with E-state index in [0.29, 0.717) is 48.3 Å². The molecule has 0 aromatic heterocycles. The van der Waals surface area contributed by atoms with Crippen LogP contribution in [0.3, 0.4) is 0 Å². The highest BCUT2D eigenvalue weighted by Crippen LogP contribution is 2.34. The fourth-order valence-electron chi connectivity index (χ4n) is 3.37. The molecule has 0 saturated carbocycles. The quantitative estimate of drug-likeness (QED) is 0.572. The summed E-state index contributed by atoms with van der Waals surface area (Å²) in [5.41, 5.74) is 7.33. The molecule has 2 amide bonds. The lowest BCUT2D eigenvalue weighted by molar-refractivity contribution is -0.120. The van der Waals surface area contributed by atoms with Crippen molar-refractivity contribution in [1.82, 2.24) is 0 Å². The maximum atomic E-state index is 13.1. The van der Waals surface area contributed by atoms with Crippen LogP contribution in [0.2, 0.25) is 0 Å². The highest BCUT2D eigenvalue weighted by Gasteiger charge is 2.19. The fraction of sp³-hybridized carbons (Fsp3) is 0.154. The molecule has 7 nitrogen and oxygen atoms in total. The fourth-order valence-corrected chi connectivity index (χ4v) is 3.37. The van der Waals surface area contributed by atoms with E-state index in [1.807, 2.05) is 48.6 Å². The first-order valence-corrected chi connectivity index (χ1v) is 10.5. The maximum absolute atomic E-state index is 13.1. The van der Waals surface area contributed by atoms with Gasteiger partial charge in [-0.2, -0.15) is 0 Å². The number of ether oxygens (including phenoxy) is 3. The molecule has 1 heterocycles. The first-order chi connectivity index (χ1) is 16.1. The number of benzene rings is 3. The van der Waals surface area contributed by atoms with Gasteiger partial charge in [-0.3, -0.25) is 9.59 Å². The number of hydrogen-bond donors (Lipinski definition) is 1. The largest absolute Gasteiger partial charge is 0.486 e. The first kappa shape index (κ1) is 22.0. The second kappa shape index (κ2) is 10.4. The van der Waals surface area contributed by atoms with Crippen LogP contribution in [-0.2, 0) is 4.79 Å². The monoisotopic (exact) mass is 444 g/mol. The molecular weight excluding hydrogens is 420 g/mol. The van der Waals surface area contributed by atoms with E-state index in [-0.39, 0.29) is 12.5 Å². The van der Waals surface area contributed by atoms with E-state index in [9.17, 15) is 9.59 Å². The van der Waals surface area contributed by atoms with Gasteiger partial charge in [-0.15, -0.1) is 0 Å². The molecule has 4 rings (SSSR count). The number of hydrogen-bond acceptors (Lipinski definition) is 5. The first-order valence-electron chi connectivity index (χ1n) is 10.5. The van der Waals surface area contributed by atoms with Crippen molar-refractivity contribution in [3.8, 4) is 17.2 Å². The van der Waals surface area contributed by atoms with Crippen LogP contribution in [0, 0.1) is 0 Å². The van der Waals surface area contributed by atoms with Gasteiger partial charge in [0.1, 0.15) is 19.0 Å². The Morgan fingerprint density at radius 2 is 1.73 bits per heavy atom. The van der Waals surface area contributed by atoms with Crippen molar-refractivity contribution in [1.29, 1.82) is 0 Å². The Balaban J connectivity index is 1.52. The summed E-state index contributed by atoms with van der Waals surface area (Å²) in [6.07, 6.45) is 3.87. The molecule has 3 aromatic carbocycles. The Kier molecular flexibility index (Phi) is 6.90. The van der Waals surface area contributed by atoms with Crippen molar-refractivity contribution >= 4 is 23.6 Å². The summed E-state index contributed by atoms with van der Waals surface area (Å²) < 4.78 is 16.9. The molecule has 2 N–H and O–H groups in total. The topological polar surface area (TPSA) is 91.1 Å². The molecule has 0 fully saturated rings. The molecule has 0 radical (unpaired) electrons. The van der Waals surface area contributed by atoms with Crippen LogP contribution >= 0.6 is 0 Å². The minimum Gasteiger partial charge on any atom is -0.486 e. The molecule has 0 spiro atoms. The average molecular weight is 444 g/mol. The van der Waals surface area contributed by atoms with Gasteiger partial charge in [0.15, 0.2) is 18.1 Å². The van der Waals surface area contributed by atoms with Crippen LogP contribution in [0.25, 0.3) is 6.08 Å². The van der Waals surface area contributed by atoms with Crippen molar-refractivity contribution in [3.63, 3.8) is 0 Å². The molecule has 7 heteroatoms. The van der Waals surface area contributed by atoms with Crippen LogP contribution in [0.4, 0.5) is 5.69 Å². The minimum atomic E-state index is -0.560. The lowest BCUT2D eigenvalue weighted by Crippen LogP contribution is -2.35. The lowest BCUT2D eigenvalue weighted by Gasteiger charge is -2.24. The summed E-state index contributed by atoms with van der Waals surface area (Å²) in [7, 11) is 0. The number of carbonyl (C=O) groups excluding carboxylic acids is 2. The van der Waals surface area contributed by atoms with Gasteiger partial charge < -0.3 is 24.8 Å². The molecule has 3 aromatic rings. The molecule has 168 valence electrons. The number of anilines is 1. The predicted octanol–water partition coefficient (Wildman–Crippen LogP) is 3.68. The van der Waals surface area contributed by atoms with Gasteiger partial charge >= 0.3 is 0 Å². The van der Waals surface area contributed by atoms with E-state index in [4.69, 9.17) is 19.9 Å². The van der Waals surface area contributed by atoms with Crippen LogP contribution in [0.5, 0.6) is 17.2 Å². The van der Waals surface area contributed by atoms with Gasteiger partial charge in [-0.05, 0) is 35.9 Å². The average Bonchev–Trinajstić information content (AvgIpc) is 2.85. The van der Waals surface area contributed by atoms with E-state index < -0.39 is 5.91 Å². The van der Waals surface area contributed by atoms with Gasteiger partial charge in [0.05, 0.1) is 0 Å². The lowest BCUT2D eigenvalue weighted by atomic mass is 10.2. The number of amides is 2. The van der Waals surface area contributed by atoms with Crippen LogP contribution in [0.15, 0.2) is 78.9 Å². The normalized spacial score (nSPS) is 12.4. The molecule has 0 bridgehead atoms. The Morgan fingerprint density at radius 3 is 2.52 bits per heavy atom. The van der Waals surface area contributed by atoms with E-state index in [2.05, 4.69) is 0 Å². The van der Waals surface area contributed by atoms with E-state index in [1.54, 1.807) is 35.2 Å². The van der Waals surface area contributed by atoms with E-state index in [0.717, 1.165) is 5.56 Å². The molecule has 33 heavy (non-hydrogen) atoms. The number of nitrogens with zero attached hydrogens (tertiary/aromatic N) is 1. The minimum absolute atomic E-state index is 0.212. The van der Waals surface area contributed by atoms with Gasteiger partial charge in [0, 0.05) is 23.9 Å². The second-order valence-corrected chi connectivity index (χ2v) is 7.33. The third kappa shape index (κ3) is 5.71. The smallest absolute Gasteiger partial charge is 0.265 e. The Hall–Kier alpha value is -4.26. The maximum Gasteiger partial charge on any atom is 0.265 e. The van der Waals surface area contributed by atoms with Gasteiger partial charge in [0.25, 0.3) is 5.91 Å².